The number of esters is 1. The quantitative estimate of drug-likeness (QED) is 0.289. The summed E-state index contributed by atoms with van der Waals surface area (Å²) in [5.74, 6) is -0.886. The zero-order chi connectivity index (χ0) is 9.56. The average molecular weight is 175 g/mol. The molecule has 0 aromatic rings. The minimum atomic E-state index is -1.11. The summed E-state index contributed by atoms with van der Waals surface area (Å²) in [7, 11) is 0. The molecule has 0 saturated carbocycles. The van der Waals surface area contributed by atoms with Gasteiger partial charge in [0.15, 0.2) is 0 Å². The Balaban J connectivity index is 4.37. The van der Waals surface area contributed by atoms with Crippen LogP contribution in [0.1, 0.15) is 6.92 Å². The van der Waals surface area contributed by atoms with Crippen molar-refractivity contribution in [3.63, 3.8) is 0 Å². The topological polar surface area (TPSA) is 70.4 Å². The molecule has 0 heterocycles. The first-order valence-electron chi connectivity index (χ1n) is 3.32. The van der Waals surface area contributed by atoms with E-state index in [1.54, 1.807) is 6.92 Å². The van der Waals surface area contributed by atoms with Gasteiger partial charge in [0.2, 0.25) is 0 Å². The molecule has 0 fully saturated rings. The second-order valence-corrected chi connectivity index (χ2v) is 1.88. The highest BCUT2D eigenvalue weighted by Gasteiger charge is 2.15. The van der Waals surface area contributed by atoms with Gasteiger partial charge >= 0.3 is 5.97 Å². The zero-order valence-electron chi connectivity index (χ0n) is 6.63. The van der Waals surface area contributed by atoms with Crippen molar-refractivity contribution in [2.24, 2.45) is 0 Å². The maximum atomic E-state index is 11.8. The van der Waals surface area contributed by atoms with E-state index in [4.69, 9.17) is 10.5 Å². The van der Waals surface area contributed by atoms with Crippen molar-refractivity contribution < 1.29 is 19.0 Å². The van der Waals surface area contributed by atoms with Gasteiger partial charge in [-0.1, -0.05) is 0 Å². The van der Waals surface area contributed by atoms with Crippen LogP contribution in [0.5, 0.6) is 0 Å². The van der Waals surface area contributed by atoms with Gasteiger partial charge in [-0.05, 0) is 6.92 Å². The number of nitrogens with one attached hydrogen (secondary N) is 1. The van der Waals surface area contributed by atoms with E-state index >= 15 is 0 Å². The molecule has 0 bridgehead atoms. The van der Waals surface area contributed by atoms with E-state index in [-0.39, 0.29) is 6.61 Å². The van der Waals surface area contributed by atoms with E-state index < -0.39 is 23.9 Å². The number of halogens is 1. The van der Waals surface area contributed by atoms with E-state index in [9.17, 15) is 9.18 Å². The van der Waals surface area contributed by atoms with Gasteiger partial charge in [0, 0.05) is 0 Å². The monoisotopic (exact) mass is 175 g/mol. The molecule has 0 aromatic heterocycles. The minimum Gasteiger partial charge on any atom is -0.515 e. The predicted octanol–water partition coefficient (Wildman–Crippen LogP) is 0.981. The maximum absolute atomic E-state index is 11.8. The maximum Gasteiger partial charge on any atom is 0.343 e. The SMILES string of the molecule is CCOC(=O)/C(=C/O)C(=N)CF. The molecule has 2 N–H and O–H groups in total. The first-order chi connectivity index (χ1) is 5.67. The molecule has 0 aliphatic rings. The van der Waals surface area contributed by atoms with Gasteiger partial charge in [-0.15, -0.1) is 0 Å². The van der Waals surface area contributed by atoms with Gasteiger partial charge in [-0.3, -0.25) is 0 Å². The normalized spacial score (nSPS) is 11.0. The van der Waals surface area contributed by atoms with Crippen molar-refractivity contribution in [2.45, 2.75) is 6.92 Å². The molecule has 5 heteroatoms. The summed E-state index contributed by atoms with van der Waals surface area (Å²) < 4.78 is 16.3. The molecule has 0 atom stereocenters. The zero-order valence-corrected chi connectivity index (χ0v) is 6.63. The lowest BCUT2D eigenvalue weighted by atomic mass is 10.2. The first-order valence-corrected chi connectivity index (χ1v) is 3.32. The second-order valence-electron chi connectivity index (χ2n) is 1.88. The van der Waals surface area contributed by atoms with Gasteiger partial charge in [-0.2, -0.15) is 0 Å². The predicted molar refractivity (Wildman–Crippen MR) is 41.0 cm³/mol. The fraction of sp³-hybridized carbons (Fsp3) is 0.429. The van der Waals surface area contributed by atoms with Crippen LogP contribution < -0.4 is 0 Å². The second kappa shape index (κ2) is 5.29. The lowest BCUT2D eigenvalue weighted by Gasteiger charge is -2.03. The number of aliphatic hydroxyl groups excluding tert-OH is 1. The number of ether oxygens (including phenoxy) is 1. The number of carbonyl (C=O) groups excluding carboxylic acids is 1. The molecule has 0 saturated heterocycles. The van der Waals surface area contributed by atoms with Crippen LogP contribution in [0.25, 0.3) is 0 Å². The number of hydrogen-bond acceptors (Lipinski definition) is 4. The number of carbonyl (C=O) groups is 1. The van der Waals surface area contributed by atoms with Crippen molar-refractivity contribution in [3.05, 3.63) is 11.8 Å². The summed E-state index contributed by atoms with van der Waals surface area (Å²) in [5, 5.41) is 15.4. The third kappa shape index (κ3) is 2.69. The third-order valence-corrected chi connectivity index (χ3v) is 1.08. The van der Waals surface area contributed by atoms with Crippen molar-refractivity contribution >= 4 is 11.7 Å². The largest absolute Gasteiger partial charge is 0.515 e. The Labute approximate surface area is 69.2 Å². The summed E-state index contributed by atoms with van der Waals surface area (Å²) in [5.41, 5.74) is -1.03. The van der Waals surface area contributed by atoms with Gasteiger partial charge in [0.1, 0.15) is 12.2 Å². The van der Waals surface area contributed by atoms with E-state index in [1.807, 2.05) is 0 Å². The molecule has 68 valence electrons. The average Bonchev–Trinajstić information content (AvgIpc) is 2.06. The summed E-state index contributed by atoms with van der Waals surface area (Å²) in [6, 6.07) is 0. The lowest BCUT2D eigenvalue weighted by molar-refractivity contribution is -0.138. The van der Waals surface area contributed by atoms with E-state index in [0.29, 0.717) is 6.26 Å². The fourth-order valence-corrected chi connectivity index (χ4v) is 0.535. The molecular weight excluding hydrogens is 165 g/mol. The molecule has 0 radical (unpaired) electrons. The molecule has 0 rings (SSSR count). The lowest BCUT2D eigenvalue weighted by Crippen LogP contribution is -2.16. The summed E-state index contributed by atoms with van der Waals surface area (Å²) >= 11 is 0. The minimum absolute atomic E-state index is 0.121. The third-order valence-electron chi connectivity index (χ3n) is 1.08. The Bertz CT molecular complexity index is 213. The number of rotatable bonds is 4. The molecule has 0 aromatic carbocycles. The van der Waals surface area contributed by atoms with Crippen LogP contribution in [-0.2, 0) is 9.53 Å². The summed E-state index contributed by atoms with van der Waals surface area (Å²) in [4.78, 5) is 10.8. The molecule has 0 amide bonds. The number of alkyl halides is 1. The van der Waals surface area contributed by atoms with Crippen molar-refractivity contribution in [1.82, 2.24) is 0 Å². The molecule has 0 unspecified atom stereocenters. The molecule has 12 heavy (non-hydrogen) atoms. The Morgan fingerprint density at radius 3 is 2.67 bits per heavy atom. The van der Waals surface area contributed by atoms with Crippen LogP contribution in [0, 0.1) is 5.41 Å². The Kier molecular flexibility index (Phi) is 4.67. The van der Waals surface area contributed by atoms with Crippen LogP contribution in [-0.4, -0.2) is 30.1 Å². The summed E-state index contributed by atoms with van der Waals surface area (Å²) in [6.45, 7) is 0.590. The van der Waals surface area contributed by atoms with E-state index in [0.717, 1.165) is 0 Å². The fourth-order valence-electron chi connectivity index (χ4n) is 0.535. The Morgan fingerprint density at radius 1 is 1.75 bits per heavy atom. The van der Waals surface area contributed by atoms with Crippen LogP contribution >= 0.6 is 0 Å². The highest BCUT2D eigenvalue weighted by atomic mass is 19.1. The number of aliphatic hydroxyl groups is 1. The molecule has 0 spiro atoms. The molecular formula is C7H10FNO3. The van der Waals surface area contributed by atoms with Crippen molar-refractivity contribution in [2.75, 3.05) is 13.3 Å². The highest BCUT2D eigenvalue weighted by molar-refractivity contribution is 6.18. The number of hydrogen-bond donors (Lipinski definition) is 2. The standard InChI is InChI=1S/C7H10FNO3/c1-2-12-7(11)5(4-10)6(9)3-8/h4,9-10H,2-3H2,1H3/b5-4+,9-6?. The van der Waals surface area contributed by atoms with Crippen LogP contribution in [0.3, 0.4) is 0 Å². The van der Waals surface area contributed by atoms with Gasteiger partial charge in [0.25, 0.3) is 0 Å². The first kappa shape index (κ1) is 10.6. The van der Waals surface area contributed by atoms with Crippen LogP contribution in [0.2, 0.25) is 0 Å². The molecule has 0 aliphatic heterocycles. The smallest absolute Gasteiger partial charge is 0.343 e. The van der Waals surface area contributed by atoms with Gasteiger partial charge < -0.3 is 15.3 Å². The molecule has 4 nitrogen and oxygen atoms in total. The Hall–Kier alpha value is -1.39. The van der Waals surface area contributed by atoms with Gasteiger partial charge in [-0.25, -0.2) is 9.18 Å². The van der Waals surface area contributed by atoms with E-state index in [2.05, 4.69) is 4.74 Å². The highest BCUT2D eigenvalue weighted by Crippen LogP contribution is 2.00. The van der Waals surface area contributed by atoms with E-state index in [1.165, 1.54) is 0 Å². The van der Waals surface area contributed by atoms with Crippen LogP contribution in [0.15, 0.2) is 11.8 Å². The molecule has 0 aliphatic carbocycles. The van der Waals surface area contributed by atoms with Gasteiger partial charge in [0.05, 0.1) is 18.6 Å². The summed E-state index contributed by atoms with van der Waals surface area (Å²) in [6.07, 6.45) is 0.375. The van der Waals surface area contributed by atoms with Crippen molar-refractivity contribution in [1.29, 1.82) is 5.41 Å². The van der Waals surface area contributed by atoms with Crippen LogP contribution in [0.4, 0.5) is 4.39 Å². The van der Waals surface area contributed by atoms with Crippen molar-refractivity contribution in [3.8, 4) is 0 Å². The Morgan fingerprint density at radius 2 is 2.33 bits per heavy atom.